The summed E-state index contributed by atoms with van der Waals surface area (Å²) < 4.78 is 18.8. The van der Waals surface area contributed by atoms with Crippen molar-refractivity contribution in [3.63, 3.8) is 0 Å². The van der Waals surface area contributed by atoms with Gasteiger partial charge in [-0.05, 0) is 42.0 Å². The first kappa shape index (κ1) is 21.0. The van der Waals surface area contributed by atoms with Gasteiger partial charge in [0, 0.05) is 23.0 Å². The van der Waals surface area contributed by atoms with Gasteiger partial charge in [0.1, 0.15) is 17.7 Å². The van der Waals surface area contributed by atoms with Crippen molar-refractivity contribution in [3.8, 4) is 16.5 Å². The summed E-state index contributed by atoms with van der Waals surface area (Å²) in [5.41, 5.74) is 1.63. The number of benzene rings is 1. The Bertz CT molecular complexity index is 1130. The van der Waals surface area contributed by atoms with Gasteiger partial charge in [-0.2, -0.15) is 11.8 Å². The number of fused-ring (bicyclic) bond motifs is 2. The highest BCUT2D eigenvalue weighted by molar-refractivity contribution is 7.98. The van der Waals surface area contributed by atoms with E-state index in [1.807, 2.05) is 65.1 Å². The summed E-state index contributed by atoms with van der Waals surface area (Å²) in [6.45, 7) is 0.272. The molecule has 1 unspecified atom stereocenters. The predicted molar refractivity (Wildman–Crippen MR) is 123 cm³/mol. The van der Waals surface area contributed by atoms with Gasteiger partial charge in [-0.1, -0.05) is 12.1 Å². The van der Waals surface area contributed by atoms with Crippen molar-refractivity contribution in [3.05, 3.63) is 64.8 Å². The minimum Gasteiger partial charge on any atom is -0.486 e. The fraction of sp³-hybridized carbons (Fsp3) is 0.304. The second kappa shape index (κ2) is 9.30. The van der Waals surface area contributed by atoms with Crippen LogP contribution in [0.2, 0.25) is 0 Å². The highest BCUT2D eigenvalue weighted by Gasteiger charge is 2.28. The lowest BCUT2D eigenvalue weighted by Gasteiger charge is -2.26. The highest BCUT2D eigenvalue weighted by atomic mass is 32.2. The van der Waals surface area contributed by atoms with Crippen molar-refractivity contribution in [2.24, 2.45) is 0 Å². The summed E-state index contributed by atoms with van der Waals surface area (Å²) in [5.74, 6) is 2.39. The van der Waals surface area contributed by atoms with Crippen molar-refractivity contribution in [2.45, 2.75) is 18.3 Å². The lowest BCUT2D eigenvalue weighted by Crippen LogP contribution is -2.42. The van der Waals surface area contributed by atoms with E-state index in [1.54, 1.807) is 11.3 Å². The van der Waals surface area contributed by atoms with Crippen LogP contribution in [0, 0.1) is 0 Å². The molecule has 2 aromatic heterocycles. The van der Waals surface area contributed by atoms with Crippen LogP contribution in [-0.2, 0) is 21.7 Å². The molecule has 1 aromatic carbocycles. The number of amides is 1. The third-order valence-electron chi connectivity index (χ3n) is 5.27. The lowest BCUT2D eigenvalue weighted by atomic mass is 10.1. The van der Waals surface area contributed by atoms with E-state index in [2.05, 4.69) is 5.32 Å². The van der Waals surface area contributed by atoms with E-state index in [-0.39, 0.29) is 25.2 Å². The molecule has 0 radical (unpaired) electrons. The number of carbonyl (C=O) groups is 2. The normalized spacial score (nSPS) is 16.8. The molecular weight excluding hydrogens is 448 g/mol. The van der Waals surface area contributed by atoms with Crippen molar-refractivity contribution >= 4 is 35.0 Å². The Morgan fingerprint density at radius 2 is 1.97 bits per heavy atom. The van der Waals surface area contributed by atoms with Gasteiger partial charge in [0.25, 0.3) is 5.91 Å². The highest BCUT2D eigenvalue weighted by Crippen LogP contribution is 2.38. The van der Waals surface area contributed by atoms with Gasteiger partial charge in [0.05, 0.1) is 12.1 Å². The lowest BCUT2D eigenvalue weighted by molar-refractivity contribution is -0.124. The molecule has 5 rings (SSSR count). The molecule has 32 heavy (non-hydrogen) atoms. The van der Waals surface area contributed by atoms with Gasteiger partial charge in [-0.15, -0.1) is 11.3 Å². The summed E-state index contributed by atoms with van der Waals surface area (Å²) >= 11 is 3.48. The molecule has 2 aliphatic heterocycles. The van der Waals surface area contributed by atoms with Gasteiger partial charge in [0.15, 0.2) is 18.1 Å². The van der Waals surface area contributed by atoms with Gasteiger partial charge < -0.3 is 24.1 Å². The quantitative estimate of drug-likeness (QED) is 0.556. The smallest absolute Gasteiger partial charge is 0.341 e. The maximum atomic E-state index is 13.0. The van der Waals surface area contributed by atoms with Crippen LogP contribution in [0.15, 0.2) is 48.8 Å². The van der Waals surface area contributed by atoms with E-state index in [4.69, 9.17) is 14.2 Å². The Morgan fingerprint density at radius 1 is 1.16 bits per heavy atom. The Morgan fingerprint density at radius 3 is 2.81 bits per heavy atom. The molecule has 9 heteroatoms. The number of hydrogen-bond acceptors (Lipinski definition) is 7. The standard InChI is InChI=1S/C23H22N2O5S2/c26-20(24-11-15-12-28-17-5-1-2-6-18(17)30-15)13-29-23(27)21-16-7-10-31-14-19(16)32-22(21)25-8-3-4-9-25/h1-6,8-9,15H,7,10-14H2,(H,24,26). The summed E-state index contributed by atoms with van der Waals surface area (Å²) in [4.78, 5) is 26.5. The maximum Gasteiger partial charge on any atom is 0.341 e. The SMILES string of the molecule is O=C(COC(=O)c1c(-n2cccc2)sc2c1CCSC2)NCC1COc2ccccc2O1. The van der Waals surface area contributed by atoms with E-state index in [9.17, 15) is 9.59 Å². The largest absolute Gasteiger partial charge is 0.486 e. The molecule has 7 nitrogen and oxygen atoms in total. The molecule has 0 bridgehead atoms. The van der Waals surface area contributed by atoms with Crippen LogP contribution in [0.3, 0.4) is 0 Å². The summed E-state index contributed by atoms with van der Waals surface area (Å²) in [5, 5.41) is 3.61. The average molecular weight is 471 g/mol. The number of ether oxygens (including phenoxy) is 3. The van der Waals surface area contributed by atoms with E-state index in [1.165, 1.54) is 4.88 Å². The van der Waals surface area contributed by atoms with Crippen LogP contribution in [0.1, 0.15) is 20.8 Å². The summed E-state index contributed by atoms with van der Waals surface area (Å²) in [7, 11) is 0. The van der Waals surface area contributed by atoms with Crippen LogP contribution in [0.5, 0.6) is 11.5 Å². The van der Waals surface area contributed by atoms with Crippen molar-refractivity contribution in [2.75, 3.05) is 25.5 Å². The zero-order valence-electron chi connectivity index (χ0n) is 17.2. The first-order chi connectivity index (χ1) is 15.7. The third-order valence-corrected chi connectivity index (χ3v) is 7.69. The van der Waals surface area contributed by atoms with Crippen LogP contribution in [-0.4, -0.2) is 48.1 Å². The Kier molecular flexibility index (Phi) is 6.09. The van der Waals surface area contributed by atoms with Crippen LogP contribution >= 0.6 is 23.1 Å². The molecule has 3 aromatic rings. The van der Waals surface area contributed by atoms with Crippen molar-refractivity contribution < 1.29 is 23.8 Å². The fourth-order valence-electron chi connectivity index (χ4n) is 3.73. The van der Waals surface area contributed by atoms with E-state index < -0.39 is 5.97 Å². The monoisotopic (exact) mass is 470 g/mol. The molecule has 1 atom stereocenters. The molecule has 0 aliphatic carbocycles. The van der Waals surface area contributed by atoms with Gasteiger partial charge in [0.2, 0.25) is 0 Å². The van der Waals surface area contributed by atoms with Gasteiger partial charge in [-0.3, -0.25) is 4.79 Å². The summed E-state index contributed by atoms with van der Waals surface area (Å²) in [6, 6.07) is 11.3. The molecule has 166 valence electrons. The van der Waals surface area contributed by atoms with E-state index >= 15 is 0 Å². The van der Waals surface area contributed by atoms with Crippen molar-refractivity contribution in [1.29, 1.82) is 0 Å². The minimum atomic E-state index is -0.459. The van der Waals surface area contributed by atoms with Gasteiger partial charge >= 0.3 is 5.97 Å². The second-order valence-electron chi connectivity index (χ2n) is 7.45. The number of rotatable bonds is 6. The van der Waals surface area contributed by atoms with Crippen LogP contribution in [0.25, 0.3) is 5.00 Å². The molecule has 1 amide bonds. The second-order valence-corrected chi connectivity index (χ2v) is 9.64. The molecule has 2 aliphatic rings. The summed E-state index contributed by atoms with van der Waals surface area (Å²) in [6.07, 6.45) is 4.36. The molecule has 4 heterocycles. The van der Waals surface area contributed by atoms with Crippen molar-refractivity contribution in [1.82, 2.24) is 9.88 Å². The number of hydrogen-bond donors (Lipinski definition) is 1. The number of para-hydroxylation sites is 2. The maximum absolute atomic E-state index is 13.0. The number of carbonyl (C=O) groups excluding carboxylic acids is 2. The average Bonchev–Trinajstić information content (AvgIpc) is 3.49. The minimum absolute atomic E-state index is 0.268. The number of esters is 1. The predicted octanol–water partition coefficient (Wildman–Crippen LogP) is 3.44. The topological polar surface area (TPSA) is 78.8 Å². The number of nitrogens with zero attached hydrogens (tertiary/aromatic N) is 1. The third kappa shape index (κ3) is 4.35. The zero-order chi connectivity index (χ0) is 21.9. The number of thioether (sulfide) groups is 1. The first-order valence-corrected chi connectivity index (χ1v) is 12.3. The van der Waals surface area contributed by atoms with Gasteiger partial charge in [-0.25, -0.2) is 4.79 Å². The van der Waals surface area contributed by atoms with E-state index in [0.717, 1.165) is 28.5 Å². The zero-order valence-corrected chi connectivity index (χ0v) is 18.9. The molecular formula is C23H22N2O5S2. The Labute approximate surface area is 193 Å². The molecule has 0 saturated heterocycles. The Hall–Kier alpha value is -2.91. The number of aromatic nitrogens is 1. The number of thiophene rings is 1. The van der Waals surface area contributed by atoms with Crippen LogP contribution in [0.4, 0.5) is 0 Å². The number of nitrogens with one attached hydrogen (secondary N) is 1. The molecule has 1 N–H and O–H groups in total. The molecule has 0 saturated carbocycles. The van der Waals surface area contributed by atoms with E-state index in [0.29, 0.717) is 23.7 Å². The first-order valence-electron chi connectivity index (χ1n) is 10.4. The molecule has 0 spiro atoms. The Balaban J connectivity index is 1.19. The fourth-order valence-corrected chi connectivity index (χ4v) is 6.16. The van der Waals surface area contributed by atoms with Crippen LogP contribution < -0.4 is 14.8 Å². The molecule has 0 fully saturated rings.